The molecule has 0 rings (SSSR count). The third-order valence-electron chi connectivity index (χ3n) is 4.05. The van der Waals surface area contributed by atoms with Crippen molar-refractivity contribution in [2.45, 2.75) is 97.2 Å². The quantitative estimate of drug-likeness (QED) is 0.147. The molecule has 4 heteroatoms. The molecule has 0 fully saturated rings. The standard InChI is InChI=1S/C21H42O4/c1-4-6-8-10-13-18-24-21(16-12-15-17-23-20-22-3)25-19-14-11-9-7-5-2/h15,17,21H,4-14,16,18-20H2,1-3H3. The summed E-state index contributed by atoms with van der Waals surface area (Å²) >= 11 is 0. The lowest BCUT2D eigenvalue weighted by molar-refractivity contribution is -0.146. The normalized spacial score (nSPS) is 11.7. The van der Waals surface area contributed by atoms with Crippen molar-refractivity contribution in [1.29, 1.82) is 0 Å². The highest BCUT2D eigenvalue weighted by Gasteiger charge is 2.08. The van der Waals surface area contributed by atoms with E-state index in [0.717, 1.165) is 38.9 Å². The Hall–Kier alpha value is -0.580. The topological polar surface area (TPSA) is 36.9 Å². The van der Waals surface area contributed by atoms with Crippen LogP contribution in [0.1, 0.15) is 90.9 Å². The maximum absolute atomic E-state index is 5.96. The van der Waals surface area contributed by atoms with Gasteiger partial charge in [-0.3, -0.25) is 0 Å². The summed E-state index contributed by atoms with van der Waals surface area (Å²) in [6.07, 6.45) is 17.9. The highest BCUT2D eigenvalue weighted by atomic mass is 16.7. The molecule has 4 nitrogen and oxygen atoms in total. The van der Waals surface area contributed by atoms with Crippen molar-refractivity contribution in [2.24, 2.45) is 0 Å². The summed E-state index contributed by atoms with van der Waals surface area (Å²) in [5.74, 6) is 0. The van der Waals surface area contributed by atoms with E-state index in [1.54, 1.807) is 13.4 Å². The minimum Gasteiger partial charge on any atom is -0.476 e. The molecular formula is C21H42O4. The van der Waals surface area contributed by atoms with Crippen LogP contribution in [-0.4, -0.2) is 33.4 Å². The molecule has 0 aromatic rings. The Morgan fingerprint density at radius 2 is 1.32 bits per heavy atom. The third-order valence-corrected chi connectivity index (χ3v) is 4.05. The predicted octanol–water partition coefficient (Wildman–Crippen LogP) is 6.20. The van der Waals surface area contributed by atoms with Crippen LogP contribution >= 0.6 is 0 Å². The van der Waals surface area contributed by atoms with Crippen LogP contribution in [0.25, 0.3) is 0 Å². The smallest absolute Gasteiger partial charge is 0.187 e. The van der Waals surface area contributed by atoms with E-state index in [-0.39, 0.29) is 6.29 Å². The first-order chi connectivity index (χ1) is 12.3. The number of unbranched alkanes of at least 4 members (excludes halogenated alkanes) is 8. The zero-order chi connectivity index (χ0) is 18.4. The fourth-order valence-corrected chi connectivity index (χ4v) is 2.53. The second-order valence-electron chi connectivity index (χ2n) is 6.52. The monoisotopic (exact) mass is 358 g/mol. The fraction of sp³-hybridized carbons (Fsp3) is 0.905. The van der Waals surface area contributed by atoms with E-state index in [0.29, 0.717) is 6.79 Å². The minimum absolute atomic E-state index is 0.0931. The number of hydrogen-bond acceptors (Lipinski definition) is 4. The van der Waals surface area contributed by atoms with Crippen LogP contribution < -0.4 is 0 Å². The summed E-state index contributed by atoms with van der Waals surface area (Å²) < 4.78 is 21.9. The van der Waals surface area contributed by atoms with E-state index >= 15 is 0 Å². The van der Waals surface area contributed by atoms with Crippen LogP contribution in [0.4, 0.5) is 0 Å². The number of ether oxygens (including phenoxy) is 4. The molecule has 150 valence electrons. The molecule has 25 heavy (non-hydrogen) atoms. The van der Waals surface area contributed by atoms with Crippen LogP contribution in [-0.2, 0) is 18.9 Å². The van der Waals surface area contributed by atoms with Crippen molar-refractivity contribution in [1.82, 2.24) is 0 Å². The summed E-state index contributed by atoms with van der Waals surface area (Å²) in [5.41, 5.74) is 0. The van der Waals surface area contributed by atoms with E-state index in [9.17, 15) is 0 Å². The lowest BCUT2D eigenvalue weighted by atomic mass is 10.2. The van der Waals surface area contributed by atoms with Crippen molar-refractivity contribution in [3.63, 3.8) is 0 Å². The zero-order valence-electron chi connectivity index (χ0n) is 17.0. The van der Waals surface area contributed by atoms with E-state index in [1.165, 1.54) is 51.4 Å². The van der Waals surface area contributed by atoms with E-state index in [1.807, 2.05) is 6.08 Å². The van der Waals surface area contributed by atoms with E-state index < -0.39 is 0 Å². The first-order valence-corrected chi connectivity index (χ1v) is 10.3. The Morgan fingerprint density at radius 1 is 0.760 bits per heavy atom. The lowest BCUT2D eigenvalue weighted by Gasteiger charge is -2.18. The van der Waals surface area contributed by atoms with Crippen LogP contribution in [0, 0.1) is 0 Å². The van der Waals surface area contributed by atoms with Gasteiger partial charge in [-0.2, -0.15) is 0 Å². The van der Waals surface area contributed by atoms with Crippen LogP contribution in [0.3, 0.4) is 0 Å². The second kappa shape index (κ2) is 21.5. The number of methoxy groups -OCH3 is 1. The first kappa shape index (κ1) is 24.4. The van der Waals surface area contributed by atoms with Gasteiger partial charge in [-0.15, -0.1) is 0 Å². The lowest BCUT2D eigenvalue weighted by Crippen LogP contribution is -2.18. The van der Waals surface area contributed by atoms with Crippen molar-refractivity contribution in [2.75, 3.05) is 27.1 Å². The fourth-order valence-electron chi connectivity index (χ4n) is 2.53. The van der Waals surface area contributed by atoms with Gasteiger partial charge in [-0.1, -0.05) is 65.2 Å². The molecule has 0 atom stereocenters. The van der Waals surface area contributed by atoms with Gasteiger partial charge in [0, 0.05) is 26.7 Å². The van der Waals surface area contributed by atoms with Gasteiger partial charge < -0.3 is 18.9 Å². The van der Waals surface area contributed by atoms with Crippen LogP contribution in [0.15, 0.2) is 12.3 Å². The van der Waals surface area contributed by atoms with E-state index in [4.69, 9.17) is 18.9 Å². The Morgan fingerprint density at radius 3 is 1.84 bits per heavy atom. The first-order valence-electron chi connectivity index (χ1n) is 10.3. The van der Waals surface area contributed by atoms with Crippen molar-refractivity contribution < 1.29 is 18.9 Å². The second-order valence-corrected chi connectivity index (χ2v) is 6.52. The van der Waals surface area contributed by atoms with Crippen molar-refractivity contribution in [3.05, 3.63) is 12.3 Å². The molecule has 0 aliphatic heterocycles. The molecule has 0 radical (unpaired) electrons. The maximum atomic E-state index is 5.96. The molecule has 0 aromatic carbocycles. The minimum atomic E-state index is -0.0931. The number of hydrogen-bond donors (Lipinski definition) is 0. The molecule has 0 unspecified atom stereocenters. The zero-order valence-corrected chi connectivity index (χ0v) is 17.0. The van der Waals surface area contributed by atoms with Gasteiger partial charge in [0.1, 0.15) is 0 Å². The summed E-state index contributed by atoms with van der Waals surface area (Å²) in [7, 11) is 1.62. The number of allylic oxidation sites excluding steroid dienone is 1. The van der Waals surface area contributed by atoms with Gasteiger partial charge in [-0.25, -0.2) is 0 Å². The van der Waals surface area contributed by atoms with Gasteiger partial charge in [0.2, 0.25) is 0 Å². The molecule has 0 spiro atoms. The molecule has 0 aliphatic rings. The van der Waals surface area contributed by atoms with Crippen LogP contribution in [0.5, 0.6) is 0 Å². The maximum Gasteiger partial charge on any atom is 0.187 e. The highest BCUT2D eigenvalue weighted by Crippen LogP contribution is 2.10. The molecule has 0 bridgehead atoms. The Kier molecular flexibility index (Phi) is 21.0. The third kappa shape index (κ3) is 19.6. The average Bonchev–Trinajstić information content (AvgIpc) is 2.63. The van der Waals surface area contributed by atoms with E-state index in [2.05, 4.69) is 13.8 Å². The Bertz CT molecular complexity index is 253. The summed E-state index contributed by atoms with van der Waals surface area (Å²) in [6.45, 7) is 6.38. The van der Waals surface area contributed by atoms with Gasteiger partial charge in [0.25, 0.3) is 0 Å². The van der Waals surface area contributed by atoms with Gasteiger partial charge >= 0.3 is 0 Å². The molecule has 0 saturated carbocycles. The summed E-state index contributed by atoms with van der Waals surface area (Å²) in [5, 5.41) is 0. The SMILES string of the molecule is CCCCCCCOC(CCC=COCOC)OCCCCCCC. The Labute approximate surface area is 156 Å². The summed E-state index contributed by atoms with van der Waals surface area (Å²) in [6, 6.07) is 0. The molecule has 0 heterocycles. The molecule has 0 saturated heterocycles. The Balaban J connectivity index is 3.85. The van der Waals surface area contributed by atoms with Gasteiger partial charge in [0.15, 0.2) is 13.1 Å². The molecule has 0 N–H and O–H groups in total. The average molecular weight is 359 g/mol. The summed E-state index contributed by atoms with van der Waals surface area (Å²) in [4.78, 5) is 0. The highest BCUT2D eigenvalue weighted by molar-refractivity contribution is 4.73. The van der Waals surface area contributed by atoms with Gasteiger partial charge in [0.05, 0.1) is 6.26 Å². The van der Waals surface area contributed by atoms with Crippen molar-refractivity contribution in [3.8, 4) is 0 Å². The molecule has 0 aromatic heterocycles. The van der Waals surface area contributed by atoms with Crippen LogP contribution in [0.2, 0.25) is 0 Å². The van der Waals surface area contributed by atoms with Gasteiger partial charge in [-0.05, 0) is 25.3 Å². The molecule has 0 aliphatic carbocycles. The molecular weight excluding hydrogens is 316 g/mol. The van der Waals surface area contributed by atoms with Crippen molar-refractivity contribution >= 4 is 0 Å². The molecule has 0 amide bonds. The largest absolute Gasteiger partial charge is 0.476 e. The number of rotatable bonds is 20. The predicted molar refractivity (Wildman–Crippen MR) is 105 cm³/mol.